The molecule has 0 aliphatic carbocycles. The number of carbonyl (C=O) groups excluding carboxylic acids is 1. The maximum atomic E-state index is 11.4. The Labute approximate surface area is 126 Å². The van der Waals surface area contributed by atoms with Crippen LogP contribution in [-0.4, -0.2) is 50.2 Å². The Hall–Kier alpha value is -1.91. The van der Waals surface area contributed by atoms with Crippen LogP contribution in [0, 0.1) is 0 Å². The molecule has 0 saturated carbocycles. The molecule has 2 N–H and O–H groups in total. The Morgan fingerprint density at radius 3 is 2.48 bits per heavy atom. The molecule has 3 rings (SSSR count). The fraction of sp³-hybridized carbons (Fsp3) is 0.562. The van der Waals surface area contributed by atoms with Crippen molar-refractivity contribution in [2.45, 2.75) is 19.3 Å². The van der Waals surface area contributed by atoms with Crippen LogP contribution in [-0.2, 0) is 0 Å². The average molecular weight is 288 g/mol. The van der Waals surface area contributed by atoms with E-state index in [4.69, 9.17) is 0 Å². The summed E-state index contributed by atoms with van der Waals surface area (Å²) in [5, 5.41) is 6.20. The third-order valence-corrected chi connectivity index (χ3v) is 4.24. The van der Waals surface area contributed by atoms with Gasteiger partial charge in [0.05, 0.1) is 0 Å². The first-order chi connectivity index (χ1) is 10.3. The van der Waals surface area contributed by atoms with Gasteiger partial charge in [-0.1, -0.05) is 0 Å². The van der Waals surface area contributed by atoms with Crippen LogP contribution in [0.1, 0.15) is 19.3 Å². The minimum Gasteiger partial charge on any atom is -0.383 e. The number of rotatable bonds is 5. The Balaban J connectivity index is 1.46. The highest BCUT2D eigenvalue weighted by atomic mass is 16.2. The van der Waals surface area contributed by atoms with E-state index in [-0.39, 0.29) is 6.03 Å². The topological polar surface area (TPSA) is 47.6 Å². The van der Waals surface area contributed by atoms with Gasteiger partial charge in [0.2, 0.25) is 0 Å². The van der Waals surface area contributed by atoms with E-state index in [2.05, 4.69) is 39.8 Å². The van der Waals surface area contributed by atoms with E-state index in [0.29, 0.717) is 0 Å². The molecule has 2 saturated heterocycles. The molecular formula is C16H24N4O. The number of hydrogen-bond acceptors (Lipinski definition) is 3. The van der Waals surface area contributed by atoms with Crippen LogP contribution in [0.2, 0.25) is 0 Å². The third-order valence-electron chi connectivity index (χ3n) is 4.24. The summed E-state index contributed by atoms with van der Waals surface area (Å²) in [6, 6.07) is 8.70. The predicted molar refractivity (Wildman–Crippen MR) is 86.0 cm³/mol. The van der Waals surface area contributed by atoms with Crippen molar-refractivity contribution in [2.75, 3.05) is 49.5 Å². The quantitative estimate of drug-likeness (QED) is 0.872. The predicted octanol–water partition coefficient (Wildman–Crippen LogP) is 2.11. The Morgan fingerprint density at radius 2 is 1.81 bits per heavy atom. The first-order valence-electron chi connectivity index (χ1n) is 7.94. The summed E-state index contributed by atoms with van der Waals surface area (Å²) in [6.45, 7) is 5.47. The highest BCUT2D eigenvalue weighted by Gasteiger charge is 2.18. The van der Waals surface area contributed by atoms with Crippen LogP contribution in [0.4, 0.5) is 16.2 Å². The first kappa shape index (κ1) is 14.0. The van der Waals surface area contributed by atoms with E-state index in [1.54, 1.807) is 0 Å². The van der Waals surface area contributed by atoms with Gasteiger partial charge in [-0.3, -0.25) is 0 Å². The number of benzene rings is 1. The van der Waals surface area contributed by atoms with E-state index >= 15 is 0 Å². The zero-order valence-corrected chi connectivity index (χ0v) is 12.5. The molecular weight excluding hydrogens is 264 g/mol. The monoisotopic (exact) mass is 288 g/mol. The second kappa shape index (κ2) is 6.70. The number of nitrogens with zero attached hydrogens (tertiary/aromatic N) is 2. The lowest BCUT2D eigenvalue weighted by atomic mass is 10.1. The van der Waals surface area contributed by atoms with Gasteiger partial charge in [-0.05, 0) is 43.5 Å². The smallest absolute Gasteiger partial charge is 0.317 e. The molecule has 0 unspecified atom stereocenters. The molecule has 0 radical (unpaired) electrons. The maximum absolute atomic E-state index is 11.4. The molecule has 0 spiro atoms. The van der Waals surface area contributed by atoms with Crippen LogP contribution in [0.15, 0.2) is 24.3 Å². The van der Waals surface area contributed by atoms with Crippen molar-refractivity contribution in [1.29, 1.82) is 0 Å². The van der Waals surface area contributed by atoms with Crippen LogP contribution in [0.3, 0.4) is 0 Å². The Bertz CT molecular complexity index is 468. The number of nitrogens with one attached hydrogen (secondary N) is 2. The van der Waals surface area contributed by atoms with E-state index < -0.39 is 0 Å². The number of urea groups is 1. The highest BCUT2D eigenvalue weighted by molar-refractivity contribution is 5.76. The molecule has 114 valence electrons. The molecule has 0 aromatic heterocycles. The van der Waals surface area contributed by atoms with E-state index in [1.807, 2.05) is 4.90 Å². The number of anilines is 2. The van der Waals surface area contributed by atoms with E-state index in [1.165, 1.54) is 38.0 Å². The van der Waals surface area contributed by atoms with Crippen LogP contribution in [0.25, 0.3) is 0 Å². The summed E-state index contributed by atoms with van der Waals surface area (Å²) in [6.07, 6.45) is 3.97. The number of amides is 2. The fourth-order valence-electron chi connectivity index (χ4n) is 3.00. The van der Waals surface area contributed by atoms with Crippen molar-refractivity contribution in [3.63, 3.8) is 0 Å². The molecule has 5 nitrogen and oxygen atoms in total. The molecule has 2 fully saturated rings. The molecule has 0 bridgehead atoms. The molecule has 0 atom stereocenters. The van der Waals surface area contributed by atoms with Crippen molar-refractivity contribution >= 4 is 17.4 Å². The SMILES string of the molecule is O=C1NCCN1CCNc1ccc(N2CCCCC2)cc1. The van der Waals surface area contributed by atoms with Gasteiger partial charge in [0.1, 0.15) is 0 Å². The van der Waals surface area contributed by atoms with Gasteiger partial charge in [0.25, 0.3) is 0 Å². The van der Waals surface area contributed by atoms with Gasteiger partial charge in [0, 0.05) is 50.6 Å². The van der Waals surface area contributed by atoms with Crippen molar-refractivity contribution < 1.29 is 4.79 Å². The average Bonchev–Trinajstić information content (AvgIpc) is 2.94. The molecule has 5 heteroatoms. The lowest BCUT2D eigenvalue weighted by molar-refractivity contribution is 0.219. The second-order valence-corrected chi connectivity index (χ2v) is 5.74. The van der Waals surface area contributed by atoms with Gasteiger partial charge >= 0.3 is 6.03 Å². The molecule has 2 amide bonds. The normalized spacial score (nSPS) is 18.8. The van der Waals surface area contributed by atoms with Gasteiger partial charge in [-0.15, -0.1) is 0 Å². The maximum Gasteiger partial charge on any atom is 0.317 e. The zero-order valence-electron chi connectivity index (χ0n) is 12.5. The Morgan fingerprint density at radius 1 is 1.05 bits per heavy atom. The van der Waals surface area contributed by atoms with Crippen LogP contribution < -0.4 is 15.5 Å². The fourth-order valence-corrected chi connectivity index (χ4v) is 3.00. The molecule has 1 aromatic carbocycles. The van der Waals surface area contributed by atoms with E-state index in [0.717, 1.165) is 31.9 Å². The summed E-state index contributed by atoms with van der Waals surface area (Å²) >= 11 is 0. The van der Waals surface area contributed by atoms with Gasteiger partial charge in [-0.25, -0.2) is 4.79 Å². The third kappa shape index (κ3) is 3.60. The second-order valence-electron chi connectivity index (χ2n) is 5.74. The highest BCUT2D eigenvalue weighted by Crippen LogP contribution is 2.21. The summed E-state index contributed by atoms with van der Waals surface area (Å²) in [7, 11) is 0. The molecule has 2 heterocycles. The van der Waals surface area contributed by atoms with Crippen molar-refractivity contribution in [3.8, 4) is 0 Å². The van der Waals surface area contributed by atoms with Crippen molar-refractivity contribution in [2.24, 2.45) is 0 Å². The summed E-state index contributed by atoms with van der Waals surface area (Å²) in [5.74, 6) is 0. The lowest BCUT2D eigenvalue weighted by Gasteiger charge is -2.28. The molecule has 21 heavy (non-hydrogen) atoms. The number of carbonyl (C=O) groups is 1. The zero-order chi connectivity index (χ0) is 14.5. The van der Waals surface area contributed by atoms with E-state index in [9.17, 15) is 4.79 Å². The van der Waals surface area contributed by atoms with Gasteiger partial charge in [-0.2, -0.15) is 0 Å². The molecule has 1 aromatic rings. The molecule has 2 aliphatic rings. The van der Waals surface area contributed by atoms with Crippen LogP contribution in [0.5, 0.6) is 0 Å². The minimum absolute atomic E-state index is 0.0530. The Kier molecular flexibility index (Phi) is 4.48. The van der Waals surface area contributed by atoms with Crippen LogP contribution >= 0.6 is 0 Å². The summed E-state index contributed by atoms with van der Waals surface area (Å²) in [5.41, 5.74) is 2.44. The number of piperidine rings is 1. The lowest BCUT2D eigenvalue weighted by Crippen LogP contribution is -2.32. The van der Waals surface area contributed by atoms with Gasteiger partial charge < -0.3 is 20.4 Å². The largest absolute Gasteiger partial charge is 0.383 e. The van der Waals surface area contributed by atoms with Crippen molar-refractivity contribution in [1.82, 2.24) is 10.2 Å². The standard InChI is InChI=1S/C16H24N4O/c21-16-18-9-13-20(16)12-8-17-14-4-6-15(7-5-14)19-10-2-1-3-11-19/h4-7,17H,1-3,8-13H2,(H,18,21). The van der Waals surface area contributed by atoms with Crippen molar-refractivity contribution in [3.05, 3.63) is 24.3 Å². The minimum atomic E-state index is 0.0530. The molecule has 2 aliphatic heterocycles. The first-order valence-corrected chi connectivity index (χ1v) is 7.94. The van der Waals surface area contributed by atoms with Gasteiger partial charge in [0.15, 0.2) is 0 Å². The number of hydrogen-bond donors (Lipinski definition) is 2. The summed E-state index contributed by atoms with van der Waals surface area (Å²) in [4.78, 5) is 15.7. The summed E-state index contributed by atoms with van der Waals surface area (Å²) < 4.78 is 0.